The molecule has 0 saturated carbocycles. The Kier molecular flexibility index (Phi) is 3.33. The van der Waals surface area contributed by atoms with Crippen molar-refractivity contribution in [2.45, 2.75) is 39.3 Å². The predicted octanol–water partition coefficient (Wildman–Crippen LogP) is 1.30. The van der Waals surface area contributed by atoms with Crippen molar-refractivity contribution in [2.75, 3.05) is 6.61 Å². The van der Waals surface area contributed by atoms with Crippen LogP contribution in [0.3, 0.4) is 0 Å². The highest BCUT2D eigenvalue weighted by molar-refractivity contribution is 5.98. The lowest BCUT2D eigenvalue weighted by Gasteiger charge is -2.13. The summed E-state index contributed by atoms with van der Waals surface area (Å²) in [6.45, 7) is 5.49. The van der Waals surface area contributed by atoms with Gasteiger partial charge in [0.1, 0.15) is 11.8 Å². The highest BCUT2D eigenvalue weighted by atomic mass is 16.5. The fraction of sp³-hybridized carbons (Fsp3) is 0.727. The van der Waals surface area contributed by atoms with Crippen molar-refractivity contribution < 1.29 is 9.53 Å². The molecule has 0 amide bonds. The molecule has 5 nitrogen and oxygen atoms in total. The van der Waals surface area contributed by atoms with Gasteiger partial charge in [0, 0.05) is 13.2 Å². The monoisotopic (exact) mass is 223 g/mol. The van der Waals surface area contributed by atoms with Crippen LogP contribution in [0.15, 0.2) is 6.20 Å². The Morgan fingerprint density at radius 3 is 3.12 bits per heavy atom. The number of Topliss-reactive ketones (excluding diaryl/α,β-unsaturated/α-hetero) is 1. The number of rotatable bonds is 4. The van der Waals surface area contributed by atoms with Gasteiger partial charge in [0.25, 0.3) is 0 Å². The largest absolute Gasteiger partial charge is 0.370 e. The molecule has 1 aliphatic rings. The van der Waals surface area contributed by atoms with E-state index in [0.717, 1.165) is 19.4 Å². The van der Waals surface area contributed by atoms with Gasteiger partial charge in [0.2, 0.25) is 5.78 Å². The van der Waals surface area contributed by atoms with Gasteiger partial charge in [-0.1, -0.05) is 19.1 Å². The first-order chi connectivity index (χ1) is 7.74. The van der Waals surface area contributed by atoms with E-state index in [1.807, 2.05) is 13.8 Å². The lowest BCUT2D eigenvalue weighted by atomic mass is 9.99. The molecule has 5 heteroatoms. The number of carbonyl (C=O) groups excluding carboxylic acids is 1. The zero-order valence-electron chi connectivity index (χ0n) is 9.72. The van der Waals surface area contributed by atoms with Crippen LogP contribution in [0.2, 0.25) is 0 Å². The minimum absolute atomic E-state index is 0.0171. The summed E-state index contributed by atoms with van der Waals surface area (Å²) in [5.41, 5.74) is 0.570. The van der Waals surface area contributed by atoms with Crippen molar-refractivity contribution >= 4 is 5.78 Å². The standard InChI is InChI=1S/C11H17N3O2/c1-3-5-14-9(7-12-13-14)10(15)11-8(2)4-6-16-11/h7-8,11H,3-6H2,1-2H3. The van der Waals surface area contributed by atoms with Gasteiger partial charge in [-0.2, -0.15) is 0 Å². The minimum atomic E-state index is -0.311. The molecule has 1 aliphatic heterocycles. The Morgan fingerprint density at radius 2 is 2.50 bits per heavy atom. The maximum Gasteiger partial charge on any atom is 0.211 e. The van der Waals surface area contributed by atoms with Crippen molar-refractivity contribution in [1.29, 1.82) is 0 Å². The Morgan fingerprint density at radius 1 is 1.69 bits per heavy atom. The molecule has 0 bridgehead atoms. The molecule has 0 N–H and O–H groups in total. The molecule has 16 heavy (non-hydrogen) atoms. The zero-order valence-corrected chi connectivity index (χ0v) is 9.72. The summed E-state index contributed by atoms with van der Waals surface area (Å²) < 4.78 is 7.13. The van der Waals surface area contributed by atoms with E-state index in [-0.39, 0.29) is 17.8 Å². The van der Waals surface area contributed by atoms with E-state index in [1.165, 1.54) is 6.20 Å². The summed E-state index contributed by atoms with van der Waals surface area (Å²) in [4.78, 5) is 12.2. The molecule has 0 radical (unpaired) electrons. The third kappa shape index (κ3) is 2.00. The van der Waals surface area contributed by atoms with Crippen LogP contribution in [0.4, 0.5) is 0 Å². The quantitative estimate of drug-likeness (QED) is 0.722. The molecule has 1 fully saturated rings. The molecule has 2 atom stereocenters. The van der Waals surface area contributed by atoms with E-state index in [1.54, 1.807) is 4.68 Å². The maximum atomic E-state index is 12.2. The Bertz CT molecular complexity index is 375. The summed E-state index contributed by atoms with van der Waals surface area (Å²) in [5, 5.41) is 7.71. The highest BCUT2D eigenvalue weighted by Gasteiger charge is 2.33. The molecule has 2 rings (SSSR count). The normalized spacial score (nSPS) is 24.9. The molecule has 1 aromatic rings. The van der Waals surface area contributed by atoms with Gasteiger partial charge in [0.05, 0.1) is 6.20 Å². The van der Waals surface area contributed by atoms with Crippen LogP contribution in [-0.4, -0.2) is 33.5 Å². The third-order valence-electron chi connectivity index (χ3n) is 2.95. The number of ether oxygens (including phenoxy) is 1. The number of aromatic nitrogens is 3. The Hall–Kier alpha value is -1.23. The van der Waals surface area contributed by atoms with Crippen molar-refractivity contribution in [1.82, 2.24) is 15.0 Å². The maximum absolute atomic E-state index is 12.2. The van der Waals surface area contributed by atoms with E-state index >= 15 is 0 Å². The Balaban J connectivity index is 2.16. The van der Waals surface area contributed by atoms with Crippen LogP contribution in [-0.2, 0) is 11.3 Å². The van der Waals surface area contributed by atoms with E-state index in [4.69, 9.17) is 4.74 Å². The van der Waals surface area contributed by atoms with E-state index < -0.39 is 0 Å². The molecule has 0 aromatic carbocycles. The molecule has 2 heterocycles. The van der Waals surface area contributed by atoms with Gasteiger partial charge in [-0.3, -0.25) is 4.79 Å². The van der Waals surface area contributed by atoms with Crippen molar-refractivity contribution in [2.24, 2.45) is 5.92 Å². The number of aryl methyl sites for hydroxylation is 1. The van der Waals surface area contributed by atoms with Gasteiger partial charge in [-0.15, -0.1) is 5.10 Å². The smallest absolute Gasteiger partial charge is 0.211 e. The molecule has 0 aliphatic carbocycles. The van der Waals surface area contributed by atoms with Gasteiger partial charge in [-0.05, 0) is 18.8 Å². The molecule has 0 spiro atoms. The number of nitrogens with zero attached hydrogens (tertiary/aromatic N) is 3. The summed E-state index contributed by atoms with van der Waals surface area (Å²) in [5.74, 6) is 0.306. The first-order valence-corrected chi connectivity index (χ1v) is 5.78. The van der Waals surface area contributed by atoms with Gasteiger partial charge >= 0.3 is 0 Å². The lowest BCUT2D eigenvalue weighted by Crippen LogP contribution is -2.27. The SMILES string of the molecule is CCCn1nncc1C(=O)C1OCCC1C. The first-order valence-electron chi connectivity index (χ1n) is 5.78. The molecule has 1 saturated heterocycles. The summed E-state index contributed by atoms with van der Waals surface area (Å²) in [6.07, 6.45) is 3.11. The molecule has 1 aromatic heterocycles. The van der Waals surface area contributed by atoms with Gasteiger partial charge in [-0.25, -0.2) is 4.68 Å². The van der Waals surface area contributed by atoms with Crippen LogP contribution in [0.1, 0.15) is 37.2 Å². The number of hydrogen-bond donors (Lipinski definition) is 0. The summed E-state index contributed by atoms with van der Waals surface area (Å²) >= 11 is 0. The van der Waals surface area contributed by atoms with Crippen molar-refractivity contribution in [3.8, 4) is 0 Å². The van der Waals surface area contributed by atoms with E-state index in [0.29, 0.717) is 12.3 Å². The highest BCUT2D eigenvalue weighted by Crippen LogP contribution is 2.23. The van der Waals surface area contributed by atoms with Crippen molar-refractivity contribution in [3.63, 3.8) is 0 Å². The molecular weight excluding hydrogens is 206 g/mol. The van der Waals surface area contributed by atoms with Gasteiger partial charge in [0.15, 0.2) is 0 Å². The fourth-order valence-corrected chi connectivity index (χ4v) is 2.00. The average molecular weight is 223 g/mol. The van der Waals surface area contributed by atoms with Crippen LogP contribution in [0.5, 0.6) is 0 Å². The summed E-state index contributed by atoms with van der Waals surface area (Å²) in [6, 6.07) is 0. The second-order valence-corrected chi connectivity index (χ2v) is 4.26. The zero-order chi connectivity index (χ0) is 11.5. The van der Waals surface area contributed by atoms with Crippen LogP contribution in [0, 0.1) is 5.92 Å². The molecule has 88 valence electrons. The van der Waals surface area contributed by atoms with E-state index in [2.05, 4.69) is 10.3 Å². The second kappa shape index (κ2) is 4.74. The number of ketones is 1. The minimum Gasteiger partial charge on any atom is -0.370 e. The second-order valence-electron chi connectivity index (χ2n) is 4.26. The van der Waals surface area contributed by atoms with Crippen LogP contribution < -0.4 is 0 Å². The predicted molar refractivity (Wildman–Crippen MR) is 58.2 cm³/mol. The summed E-state index contributed by atoms with van der Waals surface area (Å²) in [7, 11) is 0. The first kappa shape index (κ1) is 11.3. The van der Waals surface area contributed by atoms with Crippen LogP contribution in [0.25, 0.3) is 0 Å². The molecular formula is C11H17N3O2. The number of hydrogen-bond acceptors (Lipinski definition) is 4. The fourth-order valence-electron chi connectivity index (χ4n) is 2.00. The van der Waals surface area contributed by atoms with Crippen molar-refractivity contribution in [3.05, 3.63) is 11.9 Å². The van der Waals surface area contributed by atoms with Crippen LogP contribution >= 0.6 is 0 Å². The topological polar surface area (TPSA) is 57.0 Å². The average Bonchev–Trinajstić information content (AvgIpc) is 2.87. The molecule has 2 unspecified atom stereocenters. The third-order valence-corrected chi connectivity index (χ3v) is 2.95. The number of carbonyl (C=O) groups is 1. The van der Waals surface area contributed by atoms with Gasteiger partial charge < -0.3 is 4.74 Å². The Labute approximate surface area is 94.8 Å². The van der Waals surface area contributed by atoms with E-state index in [9.17, 15) is 4.79 Å². The lowest BCUT2D eigenvalue weighted by molar-refractivity contribution is 0.0568.